The zero-order chi connectivity index (χ0) is 33.8. The molecule has 50 heavy (non-hydrogen) atoms. The van der Waals surface area contributed by atoms with Gasteiger partial charge in [-0.1, -0.05) is 84.9 Å². The van der Waals surface area contributed by atoms with E-state index in [1.54, 1.807) is 0 Å². The van der Waals surface area contributed by atoms with Gasteiger partial charge in [0.25, 0.3) is 0 Å². The summed E-state index contributed by atoms with van der Waals surface area (Å²) in [6.45, 7) is 7.55. The molecule has 0 aliphatic rings. The summed E-state index contributed by atoms with van der Waals surface area (Å²) in [5, 5.41) is 24.1. The maximum absolute atomic E-state index is 10.3. The molecule has 5 heteroatoms. The molecule has 9 rings (SSSR count). The fourth-order valence-corrected chi connectivity index (χ4v) is 7.39. The van der Waals surface area contributed by atoms with Crippen molar-refractivity contribution in [1.29, 1.82) is 10.5 Å². The van der Waals surface area contributed by atoms with Crippen LogP contribution in [0, 0.1) is 29.2 Å². The number of nitriles is 2. The van der Waals surface area contributed by atoms with Gasteiger partial charge in [0.1, 0.15) is 0 Å². The van der Waals surface area contributed by atoms with Gasteiger partial charge < -0.3 is 9.13 Å². The Balaban J connectivity index is 1.17. The summed E-state index contributed by atoms with van der Waals surface area (Å²) in [4.78, 5) is 3.65. The molecular formula is C45H25N5. The van der Waals surface area contributed by atoms with E-state index < -0.39 is 0 Å². The topological polar surface area (TPSA) is 61.8 Å². The van der Waals surface area contributed by atoms with Crippen molar-refractivity contribution in [2.24, 2.45) is 0 Å². The molecule has 0 N–H and O–H groups in total. The second-order valence-corrected chi connectivity index (χ2v) is 12.3. The van der Waals surface area contributed by atoms with Gasteiger partial charge in [-0.05, 0) is 88.8 Å². The van der Waals surface area contributed by atoms with Crippen LogP contribution in [0.1, 0.15) is 11.1 Å². The van der Waals surface area contributed by atoms with Crippen LogP contribution >= 0.6 is 0 Å². The fourth-order valence-electron chi connectivity index (χ4n) is 7.39. The predicted molar refractivity (Wildman–Crippen MR) is 202 cm³/mol. The van der Waals surface area contributed by atoms with Crippen LogP contribution in [0.5, 0.6) is 0 Å². The van der Waals surface area contributed by atoms with Crippen molar-refractivity contribution in [2.75, 3.05) is 0 Å². The van der Waals surface area contributed by atoms with Crippen LogP contribution in [0.25, 0.3) is 82.1 Å². The summed E-state index contributed by atoms with van der Waals surface area (Å²) >= 11 is 0. The summed E-state index contributed by atoms with van der Waals surface area (Å²) in [6, 6.07) is 55.8. The highest BCUT2D eigenvalue weighted by atomic mass is 15.0. The van der Waals surface area contributed by atoms with Gasteiger partial charge in [-0.3, -0.25) is 0 Å². The largest absolute Gasteiger partial charge is 0.309 e. The van der Waals surface area contributed by atoms with E-state index in [0.717, 1.165) is 66.5 Å². The lowest BCUT2D eigenvalue weighted by Gasteiger charge is -2.16. The Morgan fingerprint density at radius 3 is 1.82 bits per heavy atom. The molecule has 0 unspecified atom stereocenters. The van der Waals surface area contributed by atoms with Crippen LogP contribution in [0.3, 0.4) is 0 Å². The van der Waals surface area contributed by atoms with Gasteiger partial charge in [0.05, 0.1) is 57.6 Å². The minimum absolute atomic E-state index is 0.562. The van der Waals surface area contributed by atoms with E-state index in [1.165, 1.54) is 10.8 Å². The van der Waals surface area contributed by atoms with Gasteiger partial charge in [0.2, 0.25) is 0 Å². The van der Waals surface area contributed by atoms with Crippen molar-refractivity contribution in [3.63, 3.8) is 0 Å². The third-order valence-electron chi connectivity index (χ3n) is 9.60. The SMILES string of the molecule is [C-]#[N+]c1ccc2c(c1)c1cc(C#N)ccc1n2-c1cccc(-c2ccc(-c3c(C#N)cccc3-n3c4ccccc4c4ccccc43)cc2)c1. The third kappa shape index (κ3) is 4.38. The molecule has 9 aromatic rings. The van der Waals surface area contributed by atoms with Crippen molar-refractivity contribution < 1.29 is 0 Å². The Hall–Kier alpha value is -7.39. The smallest absolute Gasteiger partial charge is 0.188 e. The Morgan fingerprint density at radius 2 is 1.12 bits per heavy atom. The first-order chi connectivity index (χ1) is 24.7. The molecule has 2 aromatic heterocycles. The van der Waals surface area contributed by atoms with E-state index >= 15 is 0 Å². The van der Waals surface area contributed by atoms with Gasteiger partial charge >= 0.3 is 0 Å². The Labute approximate surface area is 288 Å². The van der Waals surface area contributed by atoms with Crippen molar-refractivity contribution in [3.8, 4) is 45.8 Å². The first-order valence-electron chi connectivity index (χ1n) is 16.3. The minimum atomic E-state index is 0.562. The maximum atomic E-state index is 10.3. The van der Waals surface area contributed by atoms with E-state index in [4.69, 9.17) is 6.57 Å². The first kappa shape index (κ1) is 28.8. The van der Waals surface area contributed by atoms with E-state index in [9.17, 15) is 10.5 Å². The molecule has 5 nitrogen and oxygen atoms in total. The van der Waals surface area contributed by atoms with Crippen LogP contribution in [0.4, 0.5) is 5.69 Å². The van der Waals surface area contributed by atoms with Gasteiger partial charge in [-0.25, -0.2) is 4.85 Å². The van der Waals surface area contributed by atoms with Crippen molar-refractivity contribution in [3.05, 3.63) is 174 Å². The average Bonchev–Trinajstić information content (AvgIpc) is 3.69. The van der Waals surface area contributed by atoms with Gasteiger partial charge in [0.15, 0.2) is 5.69 Å². The lowest BCUT2D eigenvalue weighted by Crippen LogP contribution is -1.99. The molecule has 0 atom stereocenters. The summed E-state index contributed by atoms with van der Waals surface area (Å²) in [5.74, 6) is 0. The molecule has 230 valence electrons. The van der Waals surface area contributed by atoms with E-state index in [-0.39, 0.29) is 0 Å². The van der Waals surface area contributed by atoms with E-state index in [1.807, 2.05) is 48.5 Å². The Bertz CT molecular complexity index is 2830. The van der Waals surface area contributed by atoms with Crippen LogP contribution in [0.15, 0.2) is 152 Å². The second-order valence-electron chi connectivity index (χ2n) is 12.3. The van der Waals surface area contributed by atoms with E-state index in [2.05, 4.69) is 129 Å². The summed E-state index contributed by atoms with van der Waals surface area (Å²) in [7, 11) is 0. The summed E-state index contributed by atoms with van der Waals surface area (Å²) in [6.07, 6.45) is 0. The number of benzene rings is 7. The molecule has 7 aromatic carbocycles. The molecule has 0 saturated carbocycles. The van der Waals surface area contributed by atoms with Crippen molar-refractivity contribution >= 4 is 49.3 Å². The Kier molecular flexibility index (Phi) is 6.56. The van der Waals surface area contributed by atoms with Crippen LogP contribution in [-0.2, 0) is 0 Å². The molecule has 0 bridgehead atoms. The third-order valence-corrected chi connectivity index (χ3v) is 9.60. The average molecular weight is 636 g/mol. The van der Waals surface area contributed by atoms with Gasteiger partial charge in [0, 0.05) is 27.4 Å². The molecule has 0 radical (unpaired) electrons. The molecule has 0 aliphatic heterocycles. The molecule has 2 heterocycles. The fraction of sp³-hybridized carbons (Fsp3) is 0. The van der Waals surface area contributed by atoms with Gasteiger partial charge in [-0.15, -0.1) is 0 Å². The highest BCUT2D eigenvalue weighted by Crippen LogP contribution is 2.39. The number of nitrogens with zero attached hydrogens (tertiary/aromatic N) is 5. The second kappa shape index (κ2) is 11.4. The summed E-state index contributed by atoms with van der Waals surface area (Å²) in [5.41, 5.74) is 11.8. The zero-order valence-electron chi connectivity index (χ0n) is 26.7. The predicted octanol–water partition coefficient (Wildman–Crippen LogP) is 11.5. The molecule has 0 saturated heterocycles. The number of fused-ring (bicyclic) bond motifs is 6. The number of hydrogen-bond donors (Lipinski definition) is 0. The number of rotatable bonds is 4. The minimum Gasteiger partial charge on any atom is -0.309 e. The molecule has 0 spiro atoms. The zero-order valence-corrected chi connectivity index (χ0v) is 26.7. The van der Waals surface area contributed by atoms with E-state index in [0.29, 0.717) is 16.8 Å². The molecule has 0 fully saturated rings. The standard InChI is InChI=1S/C45H25N5/c1-48-34-21-23-43-39(26-34)38-24-29(27-46)16-22-42(38)49(43)35-10-6-8-32(25-35)30-17-19-31(20-18-30)45-33(28-47)9-7-15-44(45)50-40-13-4-2-11-36(40)37-12-3-5-14-41(37)50/h2-26H. The molecule has 0 aliphatic carbocycles. The highest BCUT2D eigenvalue weighted by Gasteiger charge is 2.18. The normalized spacial score (nSPS) is 11.1. The first-order valence-corrected chi connectivity index (χ1v) is 16.3. The number of hydrogen-bond acceptors (Lipinski definition) is 2. The summed E-state index contributed by atoms with van der Waals surface area (Å²) < 4.78 is 4.46. The lowest BCUT2D eigenvalue weighted by molar-refractivity contribution is 1.18. The monoisotopic (exact) mass is 635 g/mol. The number of aromatic nitrogens is 2. The quantitative estimate of drug-likeness (QED) is 0.181. The Morgan fingerprint density at radius 1 is 0.480 bits per heavy atom. The molecular weight excluding hydrogens is 611 g/mol. The van der Waals surface area contributed by atoms with Crippen LogP contribution < -0.4 is 0 Å². The van der Waals surface area contributed by atoms with Gasteiger partial charge in [-0.2, -0.15) is 10.5 Å². The highest BCUT2D eigenvalue weighted by molar-refractivity contribution is 6.11. The van der Waals surface area contributed by atoms with Crippen molar-refractivity contribution in [1.82, 2.24) is 9.13 Å². The number of para-hydroxylation sites is 2. The van der Waals surface area contributed by atoms with Crippen LogP contribution in [-0.4, -0.2) is 9.13 Å². The van der Waals surface area contributed by atoms with Crippen molar-refractivity contribution in [2.45, 2.75) is 0 Å². The molecule has 0 amide bonds. The maximum Gasteiger partial charge on any atom is 0.188 e. The van der Waals surface area contributed by atoms with Crippen LogP contribution in [0.2, 0.25) is 0 Å². The lowest BCUT2D eigenvalue weighted by atomic mass is 9.95.